The Morgan fingerprint density at radius 2 is 1.80 bits per heavy atom. The zero-order valence-corrected chi connectivity index (χ0v) is 22.9. The van der Waals surface area contributed by atoms with Crippen molar-refractivity contribution in [2.24, 2.45) is 11.8 Å². The van der Waals surface area contributed by atoms with Crippen LogP contribution < -0.4 is 10.5 Å². The van der Waals surface area contributed by atoms with Crippen LogP contribution in [0.1, 0.15) is 82.4 Å². The van der Waals surface area contributed by atoms with Crippen LogP contribution in [0.25, 0.3) is 6.08 Å². The van der Waals surface area contributed by atoms with Crippen LogP contribution in [0.15, 0.2) is 9.70 Å². The molecule has 2 unspecified atom stereocenters. The number of thioether (sulfide) groups is 1. The van der Waals surface area contributed by atoms with E-state index in [0.29, 0.717) is 33.2 Å². The summed E-state index contributed by atoms with van der Waals surface area (Å²) in [6.45, 7) is 10.6. The second kappa shape index (κ2) is 10.9. The lowest BCUT2D eigenvalue weighted by molar-refractivity contribution is -0.124. The first-order chi connectivity index (χ1) is 16.8. The number of nitriles is 1. The van der Waals surface area contributed by atoms with E-state index in [4.69, 9.17) is 12.2 Å². The number of carbonyl (C=O) groups excluding carboxylic acids is 1. The smallest absolute Gasteiger partial charge is 0.270 e. The summed E-state index contributed by atoms with van der Waals surface area (Å²) < 4.78 is 2.39. The Morgan fingerprint density at radius 3 is 2.40 bits per heavy atom. The first-order valence-electron chi connectivity index (χ1n) is 13.0. The average molecular weight is 513 g/mol. The molecule has 1 saturated carbocycles. The van der Waals surface area contributed by atoms with Crippen molar-refractivity contribution < 1.29 is 4.79 Å². The first-order valence-corrected chi connectivity index (χ1v) is 14.2. The van der Waals surface area contributed by atoms with Gasteiger partial charge in [0.2, 0.25) is 0 Å². The van der Waals surface area contributed by atoms with Gasteiger partial charge >= 0.3 is 0 Å². The molecule has 3 heterocycles. The molecule has 6 nitrogen and oxygen atoms in total. The van der Waals surface area contributed by atoms with E-state index in [1.165, 1.54) is 18.2 Å². The number of anilines is 1. The largest absolute Gasteiger partial charge is 0.357 e. The van der Waals surface area contributed by atoms with E-state index in [0.717, 1.165) is 63.0 Å². The van der Waals surface area contributed by atoms with E-state index < -0.39 is 0 Å². The zero-order valence-electron chi connectivity index (χ0n) is 21.3. The van der Waals surface area contributed by atoms with Crippen molar-refractivity contribution in [3.8, 4) is 6.07 Å². The van der Waals surface area contributed by atoms with Crippen LogP contribution in [0.5, 0.6) is 0 Å². The Morgan fingerprint density at radius 1 is 1.14 bits per heavy atom. The molecule has 0 N–H and O–H groups in total. The minimum atomic E-state index is -0.236. The van der Waals surface area contributed by atoms with E-state index >= 15 is 0 Å². The van der Waals surface area contributed by atoms with Gasteiger partial charge in [-0.3, -0.25) is 19.1 Å². The Balaban J connectivity index is 1.86. The molecular weight excluding hydrogens is 476 g/mol. The van der Waals surface area contributed by atoms with E-state index in [1.807, 2.05) is 24.8 Å². The van der Waals surface area contributed by atoms with Crippen molar-refractivity contribution in [2.45, 2.75) is 85.2 Å². The fourth-order valence-corrected chi connectivity index (χ4v) is 7.40. The third-order valence-corrected chi connectivity index (χ3v) is 8.83. The number of hydrogen-bond acceptors (Lipinski definition) is 6. The third-order valence-electron chi connectivity index (χ3n) is 7.50. The van der Waals surface area contributed by atoms with Crippen molar-refractivity contribution in [1.82, 2.24) is 9.47 Å². The minimum absolute atomic E-state index is 0.0376. The van der Waals surface area contributed by atoms with Crippen LogP contribution in [-0.2, 0) is 11.3 Å². The molecule has 1 aromatic heterocycles. The van der Waals surface area contributed by atoms with Crippen LogP contribution in [0.2, 0.25) is 0 Å². The first kappa shape index (κ1) is 26.0. The van der Waals surface area contributed by atoms with Gasteiger partial charge < -0.3 is 4.90 Å². The van der Waals surface area contributed by atoms with Crippen LogP contribution >= 0.6 is 24.0 Å². The van der Waals surface area contributed by atoms with E-state index in [1.54, 1.807) is 4.57 Å². The fourth-order valence-electron chi connectivity index (χ4n) is 6.02. The molecule has 35 heavy (non-hydrogen) atoms. The lowest BCUT2D eigenvalue weighted by atomic mass is 9.91. The SMILES string of the molecule is CCCn1c(N2CC(C)CC(C)C2)c(C=C2SC(=S)N(C3CCCCC3)C2=O)c(C)c(C#N)c1=O. The molecule has 1 aliphatic carbocycles. The molecule has 4 rings (SSSR count). The number of thiocarbonyl (C=S) groups is 1. The Bertz CT molecular complexity index is 1130. The average Bonchev–Trinajstić information content (AvgIpc) is 3.10. The van der Waals surface area contributed by atoms with Gasteiger partial charge in [0.25, 0.3) is 11.5 Å². The number of amides is 1. The molecule has 188 valence electrons. The summed E-state index contributed by atoms with van der Waals surface area (Å²) in [5.41, 5.74) is 1.38. The molecule has 1 aromatic rings. The number of carbonyl (C=O) groups is 1. The van der Waals surface area contributed by atoms with E-state index in [2.05, 4.69) is 24.8 Å². The summed E-state index contributed by atoms with van der Waals surface area (Å²) in [4.78, 5) is 31.7. The molecule has 0 aromatic carbocycles. The predicted molar refractivity (Wildman–Crippen MR) is 147 cm³/mol. The maximum absolute atomic E-state index is 13.6. The Hall–Kier alpha value is -2.11. The maximum atomic E-state index is 13.6. The van der Waals surface area contributed by atoms with Gasteiger partial charge in [-0.05, 0) is 56.1 Å². The lowest BCUT2D eigenvalue weighted by Crippen LogP contribution is -2.43. The molecule has 2 atom stereocenters. The van der Waals surface area contributed by atoms with Gasteiger partial charge in [0.05, 0.1) is 4.91 Å². The quantitative estimate of drug-likeness (QED) is 0.386. The highest BCUT2D eigenvalue weighted by Crippen LogP contribution is 2.40. The van der Waals surface area contributed by atoms with Gasteiger partial charge in [-0.2, -0.15) is 5.26 Å². The summed E-state index contributed by atoms with van der Waals surface area (Å²) >= 11 is 7.01. The summed E-state index contributed by atoms with van der Waals surface area (Å²) in [6.07, 6.45) is 9.30. The van der Waals surface area contributed by atoms with Crippen molar-refractivity contribution in [3.63, 3.8) is 0 Å². The number of hydrogen-bond donors (Lipinski definition) is 0. The third kappa shape index (κ3) is 5.08. The van der Waals surface area contributed by atoms with Gasteiger partial charge in [0, 0.05) is 31.2 Å². The standard InChI is InChI=1S/C27H36N4O2S2/c1-5-11-30-24(29-15-17(2)12-18(3)16-29)21(19(4)22(14-28)25(30)32)13-23-26(33)31(27(34)35-23)20-9-7-6-8-10-20/h13,17-18,20H,5-12,15-16H2,1-4H3. The number of pyridine rings is 1. The van der Waals surface area contributed by atoms with Gasteiger partial charge in [-0.1, -0.05) is 64.0 Å². The number of rotatable bonds is 5. The monoisotopic (exact) mass is 512 g/mol. The molecule has 1 amide bonds. The normalized spacial score (nSPS) is 24.9. The van der Waals surface area contributed by atoms with Gasteiger partial charge in [0.15, 0.2) is 0 Å². The summed E-state index contributed by atoms with van der Waals surface area (Å²) in [5.74, 6) is 1.80. The highest BCUT2D eigenvalue weighted by atomic mass is 32.2. The summed E-state index contributed by atoms with van der Waals surface area (Å²) in [6, 6.07) is 2.32. The highest BCUT2D eigenvalue weighted by molar-refractivity contribution is 8.26. The molecule has 3 fully saturated rings. The predicted octanol–water partition coefficient (Wildman–Crippen LogP) is 5.45. The van der Waals surface area contributed by atoms with Gasteiger partial charge in [-0.15, -0.1) is 0 Å². The molecule has 0 radical (unpaired) electrons. The molecule has 8 heteroatoms. The molecule has 0 spiro atoms. The lowest BCUT2D eigenvalue weighted by Gasteiger charge is -2.39. The topological polar surface area (TPSA) is 69.3 Å². The summed E-state index contributed by atoms with van der Waals surface area (Å²) in [7, 11) is 0. The minimum Gasteiger partial charge on any atom is -0.357 e. The zero-order chi connectivity index (χ0) is 25.3. The highest BCUT2D eigenvalue weighted by Gasteiger charge is 2.38. The molecular formula is C27H36N4O2S2. The van der Waals surface area contributed by atoms with Crippen molar-refractivity contribution in [3.05, 3.63) is 31.9 Å². The van der Waals surface area contributed by atoms with Gasteiger partial charge in [-0.25, -0.2) is 0 Å². The second-order valence-corrected chi connectivity index (χ2v) is 12.2. The van der Waals surface area contributed by atoms with Gasteiger partial charge in [0.1, 0.15) is 21.8 Å². The van der Waals surface area contributed by atoms with Crippen molar-refractivity contribution >= 4 is 46.1 Å². The van der Waals surface area contributed by atoms with E-state index in [-0.39, 0.29) is 23.1 Å². The molecule has 2 saturated heterocycles. The van der Waals surface area contributed by atoms with Crippen LogP contribution in [0.4, 0.5) is 5.82 Å². The molecule has 3 aliphatic rings. The Kier molecular flexibility index (Phi) is 8.07. The number of piperidine rings is 1. The summed E-state index contributed by atoms with van der Waals surface area (Å²) in [5, 5.41) is 9.87. The van der Waals surface area contributed by atoms with Crippen molar-refractivity contribution in [2.75, 3.05) is 18.0 Å². The second-order valence-electron chi connectivity index (χ2n) is 10.5. The van der Waals surface area contributed by atoms with E-state index in [9.17, 15) is 14.9 Å². The fraction of sp³-hybridized carbons (Fsp3) is 0.630. The Labute approximate surface area is 218 Å². The number of aromatic nitrogens is 1. The van der Waals surface area contributed by atoms with Crippen molar-refractivity contribution in [1.29, 1.82) is 5.26 Å². The maximum Gasteiger partial charge on any atom is 0.270 e. The molecule has 2 aliphatic heterocycles. The van der Waals surface area contributed by atoms with Crippen LogP contribution in [0.3, 0.4) is 0 Å². The molecule has 0 bridgehead atoms. The number of nitrogens with zero attached hydrogens (tertiary/aromatic N) is 4. The van der Waals surface area contributed by atoms with Crippen LogP contribution in [-0.4, -0.2) is 38.8 Å². The van der Waals surface area contributed by atoms with Crippen LogP contribution in [0, 0.1) is 30.1 Å².